The molecule has 0 unspecified atom stereocenters. The van der Waals surface area contributed by atoms with Gasteiger partial charge in [-0.3, -0.25) is 0 Å². The van der Waals surface area contributed by atoms with E-state index in [1.54, 1.807) is 24.3 Å². The molecule has 2 aromatic carbocycles. The minimum atomic E-state index is -4.38. The van der Waals surface area contributed by atoms with Gasteiger partial charge in [-0.2, -0.15) is 13.2 Å². The molecule has 17 heavy (non-hydrogen) atoms. The lowest BCUT2D eigenvalue weighted by atomic mass is 9.98. The molecule has 2 rings (SSSR count). The van der Waals surface area contributed by atoms with Crippen molar-refractivity contribution in [2.24, 2.45) is 0 Å². The van der Waals surface area contributed by atoms with Crippen LogP contribution in [-0.2, 0) is 12.6 Å². The first-order chi connectivity index (χ1) is 8.02. The fourth-order valence-electron chi connectivity index (χ4n) is 1.88. The van der Waals surface area contributed by atoms with E-state index in [9.17, 15) is 13.2 Å². The molecular weight excluding hydrogens is 229 g/mol. The third kappa shape index (κ3) is 2.42. The smallest absolute Gasteiger partial charge is 0.396 e. The summed E-state index contributed by atoms with van der Waals surface area (Å²) in [7, 11) is 0. The lowest BCUT2D eigenvalue weighted by Crippen LogP contribution is -2.10. The number of aliphatic hydroxyl groups excluding tert-OH is 1. The van der Waals surface area contributed by atoms with Crippen LogP contribution in [0, 0.1) is 0 Å². The average Bonchev–Trinajstić information content (AvgIpc) is 2.27. The van der Waals surface area contributed by atoms with Crippen molar-refractivity contribution >= 4 is 10.8 Å². The van der Waals surface area contributed by atoms with Crippen molar-refractivity contribution in [3.05, 3.63) is 47.5 Å². The fraction of sp³-hybridized carbons (Fsp3) is 0.231. The highest BCUT2D eigenvalue weighted by molar-refractivity contribution is 5.84. The fourth-order valence-corrected chi connectivity index (χ4v) is 1.88. The Balaban J connectivity index is 2.66. The van der Waals surface area contributed by atoms with Gasteiger partial charge in [-0.05, 0) is 28.8 Å². The molecule has 0 spiro atoms. The number of halogens is 3. The summed E-state index contributed by atoms with van der Waals surface area (Å²) < 4.78 is 38.5. The summed E-state index contributed by atoms with van der Waals surface area (Å²) in [6.45, 7) is -0.290. The molecule has 1 N–H and O–H groups in total. The van der Waals surface area contributed by atoms with Crippen molar-refractivity contribution < 1.29 is 18.3 Å². The standard InChI is InChI=1S/C13H11F3O/c14-13(15,16)12-8-10-4-2-1-3-9(10)7-11(12)5-6-17/h1-4,7-8,17H,5-6H2. The monoisotopic (exact) mass is 240 g/mol. The Kier molecular flexibility index (Phi) is 3.07. The second-order valence-corrected chi connectivity index (χ2v) is 3.83. The molecular formula is C13H11F3O. The van der Waals surface area contributed by atoms with E-state index < -0.39 is 11.7 Å². The summed E-state index contributed by atoms with van der Waals surface area (Å²) in [5.41, 5.74) is -0.524. The van der Waals surface area contributed by atoms with Crippen LogP contribution in [0.2, 0.25) is 0 Å². The molecule has 0 atom stereocenters. The van der Waals surface area contributed by atoms with Gasteiger partial charge in [-0.1, -0.05) is 30.3 Å². The number of benzene rings is 2. The zero-order chi connectivity index (χ0) is 12.5. The van der Waals surface area contributed by atoms with Gasteiger partial charge in [-0.25, -0.2) is 0 Å². The predicted octanol–water partition coefficient (Wildman–Crippen LogP) is 3.39. The Bertz CT molecular complexity index is 532. The topological polar surface area (TPSA) is 20.2 Å². The molecule has 4 heteroatoms. The van der Waals surface area contributed by atoms with Gasteiger partial charge in [-0.15, -0.1) is 0 Å². The maximum absolute atomic E-state index is 12.8. The Morgan fingerprint density at radius 2 is 1.59 bits per heavy atom. The molecule has 0 aliphatic rings. The second-order valence-electron chi connectivity index (χ2n) is 3.83. The van der Waals surface area contributed by atoms with Gasteiger partial charge in [0, 0.05) is 6.61 Å². The summed E-state index contributed by atoms with van der Waals surface area (Å²) in [6.07, 6.45) is -4.37. The number of hydrogen-bond acceptors (Lipinski definition) is 1. The van der Waals surface area contributed by atoms with Crippen LogP contribution < -0.4 is 0 Å². The van der Waals surface area contributed by atoms with Crippen LogP contribution >= 0.6 is 0 Å². The van der Waals surface area contributed by atoms with Crippen LogP contribution in [0.5, 0.6) is 0 Å². The van der Waals surface area contributed by atoms with Crippen LogP contribution in [0.15, 0.2) is 36.4 Å². The second kappa shape index (κ2) is 4.37. The van der Waals surface area contributed by atoms with Crippen molar-refractivity contribution in [1.29, 1.82) is 0 Å². The molecule has 0 fully saturated rings. The SMILES string of the molecule is OCCc1cc2ccccc2cc1C(F)(F)F. The molecule has 0 aliphatic heterocycles. The van der Waals surface area contributed by atoms with E-state index in [1.807, 2.05) is 0 Å². The minimum absolute atomic E-state index is 0.0136. The quantitative estimate of drug-likeness (QED) is 0.853. The van der Waals surface area contributed by atoms with Crippen molar-refractivity contribution in [3.8, 4) is 0 Å². The maximum atomic E-state index is 12.8. The highest BCUT2D eigenvalue weighted by Crippen LogP contribution is 2.34. The number of alkyl halides is 3. The number of fused-ring (bicyclic) bond motifs is 1. The lowest BCUT2D eigenvalue weighted by molar-refractivity contribution is -0.138. The van der Waals surface area contributed by atoms with Crippen molar-refractivity contribution in [2.45, 2.75) is 12.6 Å². The largest absolute Gasteiger partial charge is 0.416 e. The molecule has 0 saturated heterocycles. The van der Waals surface area contributed by atoms with Gasteiger partial charge < -0.3 is 5.11 Å². The van der Waals surface area contributed by atoms with Crippen LogP contribution in [0.25, 0.3) is 10.8 Å². The van der Waals surface area contributed by atoms with E-state index in [4.69, 9.17) is 5.11 Å². The summed E-state index contributed by atoms with van der Waals surface area (Å²) in [4.78, 5) is 0. The maximum Gasteiger partial charge on any atom is 0.416 e. The Hall–Kier alpha value is -1.55. The minimum Gasteiger partial charge on any atom is -0.396 e. The molecule has 90 valence electrons. The van der Waals surface area contributed by atoms with E-state index in [-0.39, 0.29) is 18.6 Å². The normalized spacial score (nSPS) is 12.0. The molecule has 0 aromatic heterocycles. The highest BCUT2D eigenvalue weighted by atomic mass is 19.4. The van der Waals surface area contributed by atoms with Gasteiger partial charge in [0.1, 0.15) is 0 Å². The zero-order valence-corrected chi connectivity index (χ0v) is 8.96. The Morgan fingerprint density at radius 3 is 2.12 bits per heavy atom. The Morgan fingerprint density at radius 1 is 1.00 bits per heavy atom. The van der Waals surface area contributed by atoms with Crippen LogP contribution in [0.4, 0.5) is 13.2 Å². The molecule has 0 saturated carbocycles. The van der Waals surface area contributed by atoms with Crippen molar-refractivity contribution in [2.75, 3.05) is 6.61 Å². The number of rotatable bonds is 2. The van der Waals surface area contributed by atoms with E-state index in [0.717, 1.165) is 11.5 Å². The van der Waals surface area contributed by atoms with Gasteiger partial charge >= 0.3 is 6.18 Å². The molecule has 2 aromatic rings. The van der Waals surface area contributed by atoms with Crippen molar-refractivity contribution in [1.82, 2.24) is 0 Å². The third-order valence-electron chi connectivity index (χ3n) is 2.66. The van der Waals surface area contributed by atoms with Gasteiger partial charge in [0.2, 0.25) is 0 Å². The first kappa shape index (κ1) is 11.9. The summed E-state index contributed by atoms with van der Waals surface area (Å²) in [5.74, 6) is 0. The first-order valence-electron chi connectivity index (χ1n) is 5.22. The summed E-state index contributed by atoms with van der Waals surface area (Å²) in [5, 5.41) is 10.1. The summed E-state index contributed by atoms with van der Waals surface area (Å²) >= 11 is 0. The lowest BCUT2D eigenvalue weighted by Gasteiger charge is -2.13. The molecule has 0 bridgehead atoms. The van der Waals surface area contributed by atoms with Crippen LogP contribution in [-0.4, -0.2) is 11.7 Å². The van der Waals surface area contributed by atoms with E-state index >= 15 is 0 Å². The van der Waals surface area contributed by atoms with Crippen molar-refractivity contribution in [3.63, 3.8) is 0 Å². The van der Waals surface area contributed by atoms with Crippen LogP contribution in [0.3, 0.4) is 0 Å². The van der Waals surface area contributed by atoms with Gasteiger partial charge in [0.25, 0.3) is 0 Å². The molecule has 0 amide bonds. The molecule has 1 nitrogen and oxygen atoms in total. The van der Waals surface area contributed by atoms with Gasteiger partial charge in [0.15, 0.2) is 0 Å². The van der Waals surface area contributed by atoms with Crippen LogP contribution in [0.1, 0.15) is 11.1 Å². The van der Waals surface area contributed by atoms with E-state index in [1.165, 1.54) is 6.07 Å². The molecule has 0 radical (unpaired) electrons. The van der Waals surface area contributed by atoms with E-state index in [2.05, 4.69) is 0 Å². The third-order valence-corrected chi connectivity index (χ3v) is 2.66. The predicted molar refractivity (Wildman–Crippen MR) is 59.7 cm³/mol. The van der Waals surface area contributed by atoms with E-state index in [0.29, 0.717) is 5.39 Å². The highest BCUT2D eigenvalue weighted by Gasteiger charge is 2.33. The number of aliphatic hydroxyl groups is 1. The first-order valence-corrected chi connectivity index (χ1v) is 5.22. The number of hydrogen-bond donors (Lipinski definition) is 1. The average molecular weight is 240 g/mol. The Labute approximate surface area is 96.5 Å². The molecule has 0 aliphatic carbocycles. The molecule has 0 heterocycles. The summed E-state index contributed by atoms with van der Waals surface area (Å²) in [6, 6.07) is 9.52. The van der Waals surface area contributed by atoms with Gasteiger partial charge in [0.05, 0.1) is 5.56 Å². The zero-order valence-electron chi connectivity index (χ0n) is 8.96.